The molecule has 0 unspecified atom stereocenters. The van der Waals surface area contributed by atoms with Gasteiger partial charge in [0.05, 0.1) is 6.42 Å². The normalized spacial score (nSPS) is 10.4. The number of carboxylic acid groups (broad SMARTS) is 1. The zero-order valence-electron chi connectivity index (χ0n) is 9.64. The minimum atomic E-state index is -0.923. The van der Waals surface area contributed by atoms with Gasteiger partial charge in [0.25, 0.3) is 0 Å². The third-order valence-corrected chi connectivity index (χ3v) is 2.24. The van der Waals surface area contributed by atoms with Crippen LogP contribution in [0.15, 0.2) is 30.3 Å². The number of aryl methyl sites for hydroxylation is 1. The number of hydrogen-bond donors (Lipinski definition) is 2. The van der Waals surface area contributed by atoms with Crippen LogP contribution in [0.5, 0.6) is 0 Å². The van der Waals surface area contributed by atoms with Gasteiger partial charge >= 0.3 is 5.97 Å². The molecule has 4 heteroatoms. The Morgan fingerprint density at radius 3 is 2.71 bits per heavy atom. The average molecular weight is 233 g/mol. The summed E-state index contributed by atoms with van der Waals surface area (Å²) in [7, 11) is 0. The number of aliphatic carboxylic acids is 1. The number of amides is 1. The minimum Gasteiger partial charge on any atom is -0.481 e. The van der Waals surface area contributed by atoms with Crippen molar-refractivity contribution in [2.45, 2.75) is 13.3 Å². The summed E-state index contributed by atoms with van der Waals surface area (Å²) in [4.78, 5) is 21.6. The molecule has 0 fully saturated rings. The second-order valence-corrected chi connectivity index (χ2v) is 3.62. The molecule has 0 spiro atoms. The van der Waals surface area contributed by atoms with Crippen molar-refractivity contribution in [2.24, 2.45) is 0 Å². The Hall–Kier alpha value is -2.10. The van der Waals surface area contributed by atoms with Crippen LogP contribution in [0.25, 0.3) is 6.08 Å². The maximum atomic E-state index is 11.3. The molecule has 0 bridgehead atoms. The Morgan fingerprint density at radius 2 is 2.06 bits per heavy atom. The molecule has 0 aromatic heterocycles. The van der Waals surface area contributed by atoms with Crippen LogP contribution in [0, 0.1) is 6.92 Å². The molecule has 0 saturated heterocycles. The smallest absolute Gasteiger partial charge is 0.305 e. The van der Waals surface area contributed by atoms with Gasteiger partial charge in [0.2, 0.25) is 5.91 Å². The maximum absolute atomic E-state index is 11.3. The Balaban J connectivity index is 2.46. The molecule has 1 amide bonds. The molecule has 1 rings (SSSR count). The van der Waals surface area contributed by atoms with Crippen molar-refractivity contribution in [2.75, 3.05) is 6.54 Å². The lowest BCUT2D eigenvalue weighted by atomic mass is 10.1. The van der Waals surface area contributed by atoms with Crippen LogP contribution in [0.4, 0.5) is 0 Å². The maximum Gasteiger partial charge on any atom is 0.305 e. The zero-order chi connectivity index (χ0) is 12.7. The minimum absolute atomic E-state index is 0.0655. The number of carboxylic acids is 1. The van der Waals surface area contributed by atoms with E-state index < -0.39 is 5.97 Å². The Labute approximate surface area is 100.0 Å². The highest BCUT2D eigenvalue weighted by Crippen LogP contribution is 2.08. The molecule has 0 aliphatic heterocycles. The van der Waals surface area contributed by atoms with Crippen molar-refractivity contribution >= 4 is 18.0 Å². The summed E-state index contributed by atoms with van der Waals surface area (Å²) in [6.07, 6.45) is 3.06. The van der Waals surface area contributed by atoms with Crippen LogP contribution >= 0.6 is 0 Å². The Kier molecular flexibility index (Phi) is 4.94. The largest absolute Gasteiger partial charge is 0.481 e. The fourth-order valence-electron chi connectivity index (χ4n) is 1.29. The van der Waals surface area contributed by atoms with Crippen molar-refractivity contribution < 1.29 is 14.7 Å². The number of benzene rings is 1. The van der Waals surface area contributed by atoms with Crippen molar-refractivity contribution in [3.05, 3.63) is 41.5 Å². The molecule has 0 radical (unpaired) electrons. The summed E-state index contributed by atoms with van der Waals surface area (Å²) < 4.78 is 0. The predicted octanol–water partition coefficient (Wildman–Crippen LogP) is 1.60. The number of carbonyl (C=O) groups is 2. The first kappa shape index (κ1) is 13.0. The Bertz CT molecular complexity index is 438. The van der Waals surface area contributed by atoms with Gasteiger partial charge in [-0.25, -0.2) is 0 Å². The first-order chi connectivity index (χ1) is 8.09. The molecular weight excluding hydrogens is 218 g/mol. The van der Waals surface area contributed by atoms with Crippen molar-refractivity contribution in [3.8, 4) is 0 Å². The van der Waals surface area contributed by atoms with E-state index in [0.717, 1.165) is 11.1 Å². The van der Waals surface area contributed by atoms with E-state index >= 15 is 0 Å². The van der Waals surface area contributed by atoms with Crippen LogP contribution < -0.4 is 5.32 Å². The van der Waals surface area contributed by atoms with Gasteiger partial charge in [0, 0.05) is 12.6 Å². The zero-order valence-corrected chi connectivity index (χ0v) is 9.64. The van der Waals surface area contributed by atoms with Crippen molar-refractivity contribution in [1.29, 1.82) is 0 Å². The van der Waals surface area contributed by atoms with Crippen LogP contribution in [-0.4, -0.2) is 23.5 Å². The number of hydrogen-bond acceptors (Lipinski definition) is 2. The van der Waals surface area contributed by atoms with Crippen LogP contribution in [0.1, 0.15) is 17.5 Å². The fourth-order valence-corrected chi connectivity index (χ4v) is 1.29. The monoisotopic (exact) mass is 233 g/mol. The second kappa shape index (κ2) is 6.48. The molecule has 0 atom stereocenters. The van der Waals surface area contributed by atoms with E-state index in [9.17, 15) is 9.59 Å². The van der Waals surface area contributed by atoms with E-state index in [1.54, 1.807) is 6.08 Å². The van der Waals surface area contributed by atoms with Crippen LogP contribution in [0.2, 0.25) is 0 Å². The number of carbonyl (C=O) groups excluding carboxylic acids is 1. The van der Waals surface area contributed by atoms with E-state index in [0.29, 0.717) is 0 Å². The summed E-state index contributed by atoms with van der Waals surface area (Å²) >= 11 is 0. The van der Waals surface area contributed by atoms with Crippen molar-refractivity contribution in [1.82, 2.24) is 5.32 Å². The summed E-state index contributed by atoms with van der Waals surface area (Å²) in [5.41, 5.74) is 2.06. The van der Waals surface area contributed by atoms with Gasteiger partial charge in [-0.15, -0.1) is 0 Å². The van der Waals surface area contributed by atoms with Crippen LogP contribution in [-0.2, 0) is 9.59 Å². The van der Waals surface area contributed by atoms with Gasteiger partial charge < -0.3 is 10.4 Å². The second-order valence-electron chi connectivity index (χ2n) is 3.62. The lowest BCUT2D eigenvalue weighted by Gasteiger charge is -2.00. The van der Waals surface area contributed by atoms with Crippen molar-refractivity contribution in [3.63, 3.8) is 0 Å². The highest BCUT2D eigenvalue weighted by molar-refractivity contribution is 5.92. The van der Waals surface area contributed by atoms with Gasteiger partial charge in [-0.3, -0.25) is 9.59 Å². The molecule has 1 aromatic rings. The predicted molar refractivity (Wildman–Crippen MR) is 65.5 cm³/mol. The van der Waals surface area contributed by atoms with E-state index in [2.05, 4.69) is 5.32 Å². The first-order valence-corrected chi connectivity index (χ1v) is 5.33. The van der Waals surface area contributed by atoms with E-state index in [4.69, 9.17) is 5.11 Å². The molecule has 0 heterocycles. The third kappa shape index (κ3) is 4.97. The molecule has 1 aromatic carbocycles. The topological polar surface area (TPSA) is 66.4 Å². The van der Waals surface area contributed by atoms with Gasteiger partial charge in [0.1, 0.15) is 0 Å². The molecule has 0 aliphatic carbocycles. The molecule has 2 N–H and O–H groups in total. The highest BCUT2D eigenvalue weighted by atomic mass is 16.4. The molecule has 0 aliphatic rings. The molecule has 4 nitrogen and oxygen atoms in total. The molecule has 17 heavy (non-hydrogen) atoms. The van der Waals surface area contributed by atoms with Gasteiger partial charge in [0.15, 0.2) is 0 Å². The summed E-state index contributed by atoms with van der Waals surface area (Å²) in [6.45, 7) is 2.11. The standard InChI is InChI=1S/C13H15NO3/c1-10-4-2-3-5-11(10)6-7-12(15)14-9-8-13(16)17/h2-7H,8-9H2,1H3,(H,14,15)(H,16,17)/b7-6+. The number of nitrogens with one attached hydrogen (secondary N) is 1. The van der Waals surface area contributed by atoms with E-state index in [-0.39, 0.29) is 18.9 Å². The lowest BCUT2D eigenvalue weighted by Crippen LogP contribution is -2.23. The fraction of sp³-hybridized carbons (Fsp3) is 0.231. The Morgan fingerprint density at radius 1 is 1.35 bits per heavy atom. The summed E-state index contributed by atoms with van der Waals surface area (Å²) in [5, 5.41) is 10.9. The first-order valence-electron chi connectivity index (χ1n) is 5.33. The number of rotatable bonds is 5. The van der Waals surface area contributed by atoms with E-state index in [1.165, 1.54) is 6.08 Å². The average Bonchev–Trinajstić information content (AvgIpc) is 2.27. The van der Waals surface area contributed by atoms with Crippen LogP contribution in [0.3, 0.4) is 0 Å². The third-order valence-electron chi connectivity index (χ3n) is 2.24. The molecular formula is C13H15NO3. The highest BCUT2D eigenvalue weighted by Gasteiger charge is 1.99. The van der Waals surface area contributed by atoms with Gasteiger partial charge in [-0.1, -0.05) is 24.3 Å². The van der Waals surface area contributed by atoms with E-state index in [1.807, 2.05) is 31.2 Å². The summed E-state index contributed by atoms with van der Waals surface area (Å²) in [5.74, 6) is -1.21. The quantitative estimate of drug-likeness (QED) is 0.759. The SMILES string of the molecule is Cc1ccccc1/C=C/C(=O)NCCC(=O)O. The molecule has 90 valence electrons. The lowest BCUT2D eigenvalue weighted by molar-refractivity contribution is -0.136. The van der Waals surface area contributed by atoms with Gasteiger partial charge in [-0.2, -0.15) is 0 Å². The van der Waals surface area contributed by atoms with Gasteiger partial charge in [-0.05, 0) is 24.1 Å². The summed E-state index contributed by atoms with van der Waals surface area (Å²) in [6, 6.07) is 7.70. The molecule has 0 saturated carbocycles.